The highest BCUT2D eigenvalue weighted by molar-refractivity contribution is 5.76. The predicted octanol–water partition coefficient (Wildman–Crippen LogP) is 1.87. The Morgan fingerprint density at radius 2 is 2.05 bits per heavy atom. The molecule has 1 unspecified atom stereocenters. The molecule has 0 bridgehead atoms. The van der Waals surface area contributed by atoms with Crippen LogP contribution >= 0.6 is 0 Å². The van der Waals surface area contributed by atoms with Gasteiger partial charge in [-0.25, -0.2) is 0 Å². The fourth-order valence-electron chi connectivity index (χ4n) is 2.83. The minimum Gasteiger partial charge on any atom is -0.493 e. The molecule has 0 spiro atoms. The Morgan fingerprint density at radius 3 is 2.73 bits per heavy atom. The highest BCUT2D eigenvalue weighted by Gasteiger charge is 2.23. The number of likely N-dealkylation sites (N-methyl/N-ethyl adjacent to an activating group) is 1. The first-order valence-corrected chi connectivity index (χ1v) is 7.78. The van der Waals surface area contributed by atoms with Crippen molar-refractivity contribution in [3.63, 3.8) is 0 Å². The van der Waals surface area contributed by atoms with Crippen molar-refractivity contribution in [3.05, 3.63) is 24.3 Å². The standard InChI is InChI=1S/C17H26N2O3/c1-18(12-14-8-9-17(20)19(2)13-14)10-11-22-16-7-5-4-6-15(16)21-3/h4-7,14H,8-13H2,1-3H3. The fourth-order valence-corrected chi connectivity index (χ4v) is 2.83. The van der Waals surface area contributed by atoms with Crippen LogP contribution < -0.4 is 9.47 Å². The minimum absolute atomic E-state index is 0.262. The summed E-state index contributed by atoms with van der Waals surface area (Å²) in [6, 6.07) is 7.68. The van der Waals surface area contributed by atoms with Crippen molar-refractivity contribution in [2.75, 3.05) is 47.4 Å². The molecule has 1 aromatic rings. The molecule has 1 atom stereocenters. The fraction of sp³-hybridized carbons (Fsp3) is 0.588. The van der Waals surface area contributed by atoms with Gasteiger partial charge in [-0.1, -0.05) is 12.1 Å². The Balaban J connectivity index is 1.71. The van der Waals surface area contributed by atoms with Crippen LogP contribution in [0.2, 0.25) is 0 Å². The van der Waals surface area contributed by atoms with Crippen molar-refractivity contribution in [1.82, 2.24) is 9.80 Å². The van der Waals surface area contributed by atoms with Crippen LogP contribution in [0.15, 0.2) is 24.3 Å². The van der Waals surface area contributed by atoms with Gasteiger partial charge in [0.2, 0.25) is 5.91 Å². The van der Waals surface area contributed by atoms with Crippen LogP contribution in [0.1, 0.15) is 12.8 Å². The topological polar surface area (TPSA) is 42.0 Å². The second-order valence-electron chi connectivity index (χ2n) is 5.94. The van der Waals surface area contributed by atoms with Gasteiger partial charge < -0.3 is 19.3 Å². The van der Waals surface area contributed by atoms with Crippen LogP contribution in [0.3, 0.4) is 0 Å². The lowest BCUT2D eigenvalue weighted by Gasteiger charge is -2.32. The molecule has 5 nitrogen and oxygen atoms in total. The summed E-state index contributed by atoms with van der Waals surface area (Å²) in [5, 5.41) is 0. The van der Waals surface area contributed by atoms with Crippen LogP contribution in [-0.2, 0) is 4.79 Å². The Kier molecular flexibility index (Phi) is 6.07. The molecule has 0 aromatic heterocycles. The van der Waals surface area contributed by atoms with Crippen LogP contribution in [0.4, 0.5) is 0 Å². The molecule has 1 fully saturated rings. The Hall–Kier alpha value is -1.75. The summed E-state index contributed by atoms with van der Waals surface area (Å²) in [6.07, 6.45) is 1.66. The first kappa shape index (κ1) is 16.6. The lowest BCUT2D eigenvalue weighted by atomic mass is 9.97. The average molecular weight is 306 g/mol. The molecular formula is C17H26N2O3. The molecule has 0 saturated carbocycles. The average Bonchev–Trinajstić information content (AvgIpc) is 2.51. The zero-order valence-corrected chi connectivity index (χ0v) is 13.7. The normalized spacial score (nSPS) is 18.6. The lowest BCUT2D eigenvalue weighted by molar-refractivity contribution is -0.133. The number of benzene rings is 1. The van der Waals surface area contributed by atoms with E-state index in [1.54, 1.807) is 7.11 Å². The van der Waals surface area contributed by atoms with Gasteiger partial charge in [0.05, 0.1) is 7.11 Å². The van der Waals surface area contributed by atoms with E-state index in [0.29, 0.717) is 18.9 Å². The van der Waals surface area contributed by atoms with Gasteiger partial charge in [-0.15, -0.1) is 0 Å². The summed E-state index contributed by atoms with van der Waals surface area (Å²) in [5.74, 6) is 2.36. The zero-order chi connectivity index (χ0) is 15.9. The molecule has 1 aliphatic heterocycles. The van der Waals surface area contributed by atoms with E-state index < -0.39 is 0 Å². The maximum absolute atomic E-state index is 11.5. The Labute approximate surface area is 132 Å². The summed E-state index contributed by atoms with van der Waals surface area (Å²) < 4.78 is 11.1. The number of amides is 1. The van der Waals surface area contributed by atoms with Crippen molar-refractivity contribution >= 4 is 5.91 Å². The first-order chi connectivity index (χ1) is 10.6. The van der Waals surface area contributed by atoms with Gasteiger partial charge in [0.1, 0.15) is 6.61 Å². The minimum atomic E-state index is 0.262. The summed E-state index contributed by atoms with van der Waals surface area (Å²) >= 11 is 0. The van der Waals surface area contributed by atoms with Crippen LogP contribution in [0.25, 0.3) is 0 Å². The third kappa shape index (κ3) is 4.63. The third-order valence-corrected chi connectivity index (χ3v) is 4.09. The number of hydrogen-bond donors (Lipinski definition) is 0. The summed E-state index contributed by atoms with van der Waals surface area (Å²) in [7, 11) is 5.64. The highest BCUT2D eigenvalue weighted by Crippen LogP contribution is 2.25. The van der Waals surface area contributed by atoms with Gasteiger partial charge in [-0.05, 0) is 31.5 Å². The Bertz CT molecular complexity index is 493. The van der Waals surface area contributed by atoms with E-state index in [2.05, 4.69) is 11.9 Å². The highest BCUT2D eigenvalue weighted by atomic mass is 16.5. The molecule has 1 aliphatic rings. The molecular weight excluding hydrogens is 280 g/mol. The van der Waals surface area contributed by atoms with E-state index >= 15 is 0 Å². The number of para-hydroxylation sites is 2. The zero-order valence-electron chi connectivity index (χ0n) is 13.7. The number of rotatable bonds is 7. The number of ether oxygens (including phenoxy) is 2. The van der Waals surface area contributed by atoms with Crippen molar-refractivity contribution in [2.45, 2.75) is 12.8 Å². The van der Waals surface area contributed by atoms with E-state index in [-0.39, 0.29) is 5.91 Å². The number of hydrogen-bond acceptors (Lipinski definition) is 4. The van der Waals surface area contributed by atoms with Crippen LogP contribution in [0.5, 0.6) is 11.5 Å². The van der Waals surface area contributed by atoms with Crippen molar-refractivity contribution in [1.29, 1.82) is 0 Å². The molecule has 22 heavy (non-hydrogen) atoms. The van der Waals surface area contributed by atoms with Gasteiger partial charge >= 0.3 is 0 Å². The maximum Gasteiger partial charge on any atom is 0.222 e. The molecule has 1 aromatic carbocycles. The first-order valence-electron chi connectivity index (χ1n) is 7.78. The molecule has 2 rings (SSSR count). The number of nitrogens with zero attached hydrogens (tertiary/aromatic N) is 2. The molecule has 1 saturated heterocycles. The predicted molar refractivity (Wildman–Crippen MR) is 86.3 cm³/mol. The van der Waals surface area contributed by atoms with Gasteiger partial charge in [0, 0.05) is 33.1 Å². The number of carbonyl (C=O) groups excluding carboxylic acids is 1. The lowest BCUT2D eigenvalue weighted by Crippen LogP contribution is -2.41. The Morgan fingerprint density at radius 1 is 1.32 bits per heavy atom. The quantitative estimate of drug-likeness (QED) is 0.771. The van der Waals surface area contributed by atoms with E-state index in [1.807, 2.05) is 36.2 Å². The van der Waals surface area contributed by atoms with Crippen LogP contribution in [0, 0.1) is 5.92 Å². The van der Waals surface area contributed by atoms with E-state index in [9.17, 15) is 4.79 Å². The van der Waals surface area contributed by atoms with Gasteiger partial charge in [-0.3, -0.25) is 4.79 Å². The molecule has 1 heterocycles. The molecule has 0 N–H and O–H groups in total. The molecule has 1 amide bonds. The number of piperidine rings is 1. The summed E-state index contributed by atoms with van der Waals surface area (Å²) in [4.78, 5) is 15.6. The summed E-state index contributed by atoms with van der Waals surface area (Å²) in [6.45, 7) is 3.33. The monoisotopic (exact) mass is 306 g/mol. The smallest absolute Gasteiger partial charge is 0.222 e. The maximum atomic E-state index is 11.5. The largest absolute Gasteiger partial charge is 0.493 e. The second kappa shape index (κ2) is 8.03. The second-order valence-corrected chi connectivity index (χ2v) is 5.94. The molecule has 0 radical (unpaired) electrons. The van der Waals surface area contributed by atoms with Crippen LogP contribution in [-0.4, -0.2) is 63.2 Å². The van der Waals surface area contributed by atoms with Gasteiger partial charge in [0.15, 0.2) is 11.5 Å². The SMILES string of the molecule is COc1ccccc1OCCN(C)CC1CCC(=O)N(C)C1. The van der Waals surface area contributed by atoms with E-state index in [1.165, 1.54) is 0 Å². The third-order valence-electron chi connectivity index (χ3n) is 4.09. The molecule has 5 heteroatoms. The van der Waals surface area contributed by atoms with E-state index in [4.69, 9.17) is 9.47 Å². The number of carbonyl (C=O) groups is 1. The van der Waals surface area contributed by atoms with E-state index in [0.717, 1.165) is 37.6 Å². The summed E-state index contributed by atoms with van der Waals surface area (Å²) in [5.41, 5.74) is 0. The molecule has 0 aliphatic carbocycles. The van der Waals surface area contributed by atoms with Gasteiger partial charge in [0.25, 0.3) is 0 Å². The van der Waals surface area contributed by atoms with Gasteiger partial charge in [-0.2, -0.15) is 0 Å². The van der Waals surface area contributed by atoms with Crippen molar-refractivity contribution in [3.8, 4) is 11.5 Å². The van der Waals surface area contributed by atoms with Crippen molar-refractivity contribution < 1.29 is 14.3 Å². The number of likely N-dealkylation sites (tertiary alicyclic amines) is 1. The molecule has 122 valence electrons. The number of methoxy groups -OCH3 is 1. The van der Waals surface area contributed by atoms with Crippen molar-refractivity contribution in [2.24, 2.45) is 5.92 Å².